The molecule has 0 amide bonds. The predicted octanol–water partition coefficient (Wildman–Crippen LogP) is 3.77. The number of benzene rings is 2. The number of tetrazole rings is 1. The van der Waals surface area contributed by atoms with Crippen molar-refractivity contribution < 1.29 is 9.15 Å². The van der Waals surface area contributed by atoms with Crippen LogP contribution in [0.15, 0.2) is 67.9 Å². The molecule has 0 fully saturated rings. The first kappa shape index (κ1) is 21.2. The topological polar surface area (TPSA) is 99.8 Å². The smallest absolute Gasteiger partial charge is 0.368 e. The van der Waals surface area contributed by atoms with Crippen LogP contribution in [0.3, 0.4) is 0 Å². The molecular formula is C23H24N6O3. The third-order valence-corrected chi connectivity index (χ3v) is 5.11. The Balaban J connectivity index is 1.56. The van der Waals surface area contributed by atoms with Crippen LogP contribution in [0.4, 0.5) is 0 Å². The number of aryl methyl sites for hydroxylation is 2. The third-order valence-electron chi connectivity index (χ3n) is 5.11. The number of para-hydroxylation sites is 1. The summed E-state index contributed by atoms with van der Waals surface area (Å²) in [7, 11) is 1.56. The molecule has 4 rings (SSSR count). The third kappa shape index (κ3) is 4.22. The maximum atomic E-state index is 12.3. The minimum Gasteiger partial charge on any atom is -0.475 e. The molecule has 0 N–H and O–H groups in total. The molecule has 0 saturated heterocycles. The first-order valence-corrected chi connectivity index (χ1v) is 10.3. The maximum absolute atomic E-state index is 12.3. The van der Waals surface area contributed by atoms with Crippen LogP contribution < -0.4 is 5.69 Å². The summed E-state index contributed by atoms with van der Waals surface area (Å²) in [6, 6.07) is 15.4. The average Bonchev–Trinajstić information content (AvgIpc) is 3.38. The van der Waals surface area contributed by atoms with Gasteiger partial charge in [-0.1, -0.05) is 37.3 Å². The molecule has 0 unspecified atom stereocenters. The molecule has 0 bridgehead atoms. The van der Waals surface area contributed by atoms with E-state index in [4.69, 9.17) is 9.15 Å². The van der Waals surface area contributed by atoms with Gasteiger partial charge >= 0.3 is 5.69 Å². The molecule has 2 aromatic carbocycles. The molecule has 164 valence electrons. The highest BCUT2D eigenvalue weighted by Gasteiger charge is 2.14. The monoisotopic (exact) mass is 432 g/mol. The molecule has 0 saturated carbocycles. The van der Waals surface area contributed by atoms with Gasteiger partial charge in [-0.05, 0) is 48.0 Å². The Morgan fingerprint density at radius 2 is 1.94 bits per heavy atom. The standard InChI is InChI=1S/C23H24N6O3/c1-5-22(25-24-16(3)21-13-17-10-6-7-12-20(17)32-21)31-14-18-15(2)9-8-11-19(18)29-23(30)28(4)26-27-29/h6-13H,5,14H2,1-4H3. The van der Waals surface area contributed by atoms with E-state index in [2.05, 4.69) is 20.6 Å². The van der Waals surface area contributed by atoms with E-state index >= 15 is 0 Å². The molecule has 0 aliphatic heterocycles. The van der Waals surface area contributed by atoms with Crippen LogP contribution in [0.5, 0.6) is 0 Å². The Morgan fingerprint density at radius 3 is 2.66 bits per heavy atom. The van der Waals surface area contributed by atoms with Gasteiger partial charge in [0.15, 0.2) is 5.76 Å². The largest absolute Gasteiger partial charge is 0.475 e. The van der Waals surface area contributed by atoms with Gasteiger partial charge in [0, 0.05) is 24.4 Å². The van der Waals surface area contributed by atoms with Crippen molar-refractivity contribution >= 4 is 22.6 Å². The van der Waals surface area contributed by atoms with Gasteiger partial charge in [-0.15, -0.1) is 10.2 Å². The number of hydrogen-bond donors (Lipinski definition) is 0. The second-order valence-electron chi connectivity index (χ2n) is 7.34. The number of fused-ring (bicyclic) bond motifs is 1. The van der Waals surface area contributed by atoms with Gasteiger partial charge in [0.2, 0.25) is 5.90 Å². The zero-order chi connectivity index (χ0) is 22.7. The van der Waals surface area contributed by atoms with E-state index in [1.165, 1.54) is 9.36 Å². The molecule has 2 heterocycles. The van der Waals surface area contributed by atoms with Crippen LogP contribution >= 0.6 is 0 Å². The highest BCUT2D eigenvalue weighted by Crippen LogP contribution is 2.20. The molecule has 0 atom stereocenters. The van der Waals surface area contributed by atoms with Crippen LogP contribution in [0, 0.1) is 6.92 Å². The molecular weight excluding hydrogens is 408 g/mol. The summed E-state index contributed by atoms with van der Waals surface area (Å²) in [6.45, 7) is 5.96. The van der Waals surface area contributed by atoms with Crippen LogP contribution in [0.25, 0.3) is 16.7 Å². The number of hydrogen-bond acceptors (Lipinski definition) is 7. The highest BCUT2D eigenvalue weighted by atomic mass is 16.5. The summed E-state index contributed by atoms with van der Waals surface area (Å²) < 4.78 is 14.2. The number of furan rings is 1. The van der Waals surface area contributed by atoms with E-state index < -0.39 is 0 Å². The summed E-state index contributed by atoms with van der Waals surface area (Å²) in [6.07, 6.45) is 0.559. The fourth-order valence-electron chi connectivity index (χ4n) is 3.24. The summed E-state index contributed by atoms with van der Waals surface area (Å²) in [5, 5.41) is 17.3. The minimum atomic E-state index is -0.327. The fourth-order valence-corrected chi connectivity index (χ4v) is 3.24. The van der Waals surface area contributed by atoms with Crippen molar-refractivity contribution in [1.82, 2.24) is 19.8 Å². The Hall–Kier alpha value is -4.01. The van der Waals surface area contributed by atoms with E-state index in [-0.39, 0.29) is 12.3 Å². The van der Waals surface area contributed by atoms with Gasteiger partial charge in [-0.2, -0.15) is 9.36 Å². The zero-order valence-electron chi connectivity index (χ0n) is 18.4. The van der Waals surface area contributed by atoms with Crippen molar-refractivity contribution in [2.45, 2.75) is 33.8 Å². The van der Waals surface area contributed by atoms with Crippen LogP contribution in [0.1, 0.15) is 37.2 Å². The normalized spacial score (nSPS) is 12.5. The fraction of sp³-hybridized carbons (Fsp3) is 0.261. The lowest BCUT2D eigenvalue weighted by Crippen LogP contribution is -2.23. The van der Waals surface area contributed by atoms with E-state index in [0.29, 0.717) is 29.5 Å². The van der Waals surface area contributed by atoms with Crippen LogP contribution in [0.2, 0.25) is 0 Å². The van der Waals surface area contributed by atoms with Crippen molar-refractivity contribution in [3.8, 4) is 5.69 Å². The van der Waals surface area contributed by atoms with E-state index in [1.807, 2.05) is 69.3 Å². The molecule has 4 aromatic rings. The minimum absolute atomic E-state index is 0.219. The van der Waals surface area contributed by atoms with Crippen LogP contribution in [-0.2, 0) is 18.4 Å². The Labute approximate surface area is 184 Å². The quantitative estimate of drug-likeness (QED) is 0.262. The Morgan fingerprint density at radius 1 is 1.12 bits per heavy atom. The molecule has 0 aliphatic rings. The average molecular weight is 432 g/mol. The van der Waals surface area contributed by atoms with E-state index in [0.717, 1.165) is 22.1 Å². The number of ether oxygens (including phenoxy) is 1. The van der Waals surface area contributed by atoms with Crippen molar-refractivity contribution in [2.24, 2.45) is 17.3 Å². The molecule has 9 heteroatoms. The van der Waals surface area contributed by atoms with Gasteiger partial charge in [0.1, 0.15) is 17.9 Å². The molecule has 2 aromatic heterocycles. The van der Waals surface area contributed by atoms with Gasteiger partial charge in [0.05, 0.1) is 5.69 Å². The van der Waals surface area contributed by atoms with E-state index in [9.17, 15) is 4.79 Å². The van der Waals surface area contributed by atoms with Gasteiger partial charge in [-0.25, -0.2) is 4.79 Å². The van der Waals surface area contributed by atoms with Crippen LogP contribution in [-0.4, -0.2) is 31.4 Å². The van der Waals surface area contributed by atoms with Crippen molar-refractivity contribution in [2.75, 3.05) is 0 Å². The second kappa shape index (κ2) is 9.01. The predicted molar refractivity (Wildman–Crippen MR) is 122 cm³/mol. The molecule has 0 radical (unpaired) electrons. The zero-order valence-corrected chi connectivity index (χ0v) is 18.4. The Kier molecular flexibility index (Phi) is 5.98. The lowest BCUT2D eigenvalue weighted by atomic mass is 10.1. The van der Waals surface area contributed by atoms with Crippen molar-refractivity contribution in [3.05, 3.63) is 75.9 Å². The summed E-state index contributed by atoms with van der Waals surface area (Å²) in [5.41, 5.74) is 3.55. The van der Waals surface area contributed by atoms with Crippen molar-refractivity contribution in [3.63, 3.8) is 0 Å². The first-order chi connectivity index (χ1) is 15.5. The SMILES string of the molecule is CCC(=NN=C(C)c1cc2ccccc2o1)OCc1c(C)cccc1-n1nnn(C)c1=O. The van der Waals surface area contributed by atoms with Gasteiger partial charge in [-0.3, -0.25) is 0 Å². The first-order valence-electron chi connectivity index (χ1n) is 10.3. The van der Waals surface area contributed by atoms with Gasteiger partial charge in [0.25, 0.3) is 0 Å². The summed E-state index contributed by atoms with van der Waals surface area (Å²) in [4.78, 5) is 12.3. The summed E-state index contributed by atoms with van der Waals surface area (Å²) >= 11 is 0. The second-order valence-corrected chi connectivity index (χ2v) is 7.34. The number of nitrogens with zero attached hydrogens (tertiary/aromatic N) is 6. The summed E-state index contributed by atoms with van der Waals surface area (Å²) in [5.74, 6) is 1.13. The van der Waals surface area contributed by atoms with E-state index in [1.54, 1.807) is 7.05 Å². The highest BCUT2D eigenvalue weighted by molar-refractivity contribution is 5.99. The lowest BCUT2D eigenvalue weighted by Gasteiger charge is -2.13. The maximum Gasteiger partial charge on any atom is 0.368 e. The lowest BCUT2D eigenvalue weighted by molar-refractivity contribution is 0.282. The molecule has 0 aliphatic carbocycles. The molecule has 9 nitrogen and oxygen atoms in total. The molecule has 32 heavy (non-hydrogen) atoms. The van der Waals surface area contributed by atoms with Gasteiger partial charge < -0.3 is 9.15 Å². The van der Waals surface area contributed by atoms with Crippen molar-refractivity contribution in [1.29, 1.82) is 0 Å². The number of rotatable bonds is 6. The molecule has 0 spiro atoms. The number of aromatic nitrogens is 4. The Bertz CT molecular complexity index is 1340.